The molecule has 1 N–H and O–H groups in total. The van der Waals surface area contributed by atoms with Gasteiger partial charge in [0.05, 0.1) is 4.90 Å². The second kappa shape index (κ2) is 3.86. The molecule has 0 fully saturated rings. The van der Waals surface area contributed by atoms with Gasteiger partial charge in [-0.05, 0) is 19.2 Å². The molecule has 0 saturated carbocycles. The van der Waals surface area contributed by atoms with Gasteiger partial charge >= 0.3 is 0 Å². The van der Waals surface area contributed by atoms with E-state index in [0.717, 1.165) is 15.7 Å². The summed E-state index contributed by atoms with van der Waals surface area (Å²) >= 11 is 0. The van der Waals surface area contributed by atoms with E-state index >= 15 is 0 Å². The van der Waals surface area contributed by atoms with Gasteiger partial charge in [-0.3, -0.25) is 4.98 Å². The summed E-state index contributed by atoms with van der Waals surface area (Å²) in [5.41, 5.74) is 0. The van der Waals surface area contributed by atoms with Crippen molar-refractivity contribution in [2.45, 2.75) is 4.90 Å². The Kier molecular flexibility index (Phi) is 2.56. The Hall–Kier alpha value is -1.26. The van der Waals surface area contributed by atoms with Crippen LogP contribution in [0.2, 0.25) is 0 Å². The zero-order valence-electron chi connectivity index (χ0n) is 7.73. The topological polar surface area (TPSA) is 42.0 Å². The van der Waals surface area contributed by atoms with Gasteiger partial charge in [0.25, 0.3) is 0 Å². The molecule has 0 amide bonds. The zero-order valence-corrected chi connectivity index (χ0v) is 8.54. The lowest BCUT2D eigenvalue weighted by Crippen LogP contribution is -2.10. The molecule has 1 aromatic heterocycles. The van der Waals surface area contributed by atoms with E-state index in [1.807, 2.05) is 24.3 Å². The minimum Gasteiger partial charge on any atom is -0.264 e. The fourth-order valence-corrected chi connectivity index (χ4v) is 2.17. The van der Waals surface area contributed by atoms with Crippen molar-refractivity contribution in [3.63, 3.8) is 0 Å². The summed E-state index contributed by atoms with van der Waals surface area (Å²) in [7, 11) is 0.534. The lowest BCUT2D eigenvalue weighted by atomic mass is 10.2. The van der Waals surface area contributed by atoms with Crippen LogP contribution in [0, 0.1) is 0 Å². The van der Waals surface area contributed by atoms with Gasteiger partial charge in [0.2, 0.25) is 0 Å². The van der Waals surface area contributed by atoms with Crippen LogP contribution in [0.5, 0.6) is 0 Å². The van der Waals surface area contributed by atoms with Gasteiger partial charge in [-0.2, -0.15) is 0 Å². The highest BCUT2D eigenvalue weighted by atomic mass is 32.2. The lowest BCUT2D eigenvalue weighted by molar-refractivity contribution is 0.678. The van der Waals surface area contributed by atoms with E-state index in [1.54, 1.807) is 19.4 Å². The Balaban J connectivity index is 2.71. The molecule has 1 heterocycles. The van der Waals surface area contributed by atoms with Crippen molar-refractivity contribution in [1.82, 2.24) is 9.71 Å². The number of rotatable bonds is 2. The van der Waals surface area contributed by atoms with E-state index < -0.39 is 11.0 Å². The van der Waals surface area contributed by atoms with Crippen LogP contribution in [-0.4, -0.2) is 16.2 Å². The second-order valence-electron chi connectivity index (χ2n) is 2.83. The molecule has 0 spiro atoms. The Morgan fingerprint density at radius 3 is 3.00 bits per heavy atom. The molecule has 2 rings (SSSR count). The van der Waals surface area contributed by atoms with Gasteiger partial charge in [0, 0.05) is 23.2 Å². The lowest BCUT2D eigenvalue weighted by Gasteiger charge is -2.03. The van der Waals surface area contributed by atoms with Crippen LogP contribution in [0.3, 0.4) is 0 Å². The number of nitrogens with one attached hydrogen (secondary N) is 1. The first-order chi connectivity index (χ1) is 6.83. The number of hydrogen-bond donors (Lipinski definition) is 1. The third-order valence-electron chi connectivity index (χ3n) is 2.03. The summed E-state index contributed by atoms with van der Waals surface area (Å²) in [4.78, 5) is 4.82. The summed E-state index contributed by atoms with van der Waals surface area (Å²) in [5.74, 6) is 0. The maximum Gasteiger partial charge on any atom is 0.125 e. The van der Waals surface area contributed by atoms with E-state index in [1.165, 1.54) is 0 Å². The standard InChI is InChI=1S/C10H10N2OS/c1-11-14(13)10-4-2-3-8-7-12-6-5-9(8)10/h2-7,11H,1H3. The van der Waals surface area contributed by atoms with Gasteiger partial charge in [0.15, 0.2) is 0 Å². The highest BCUT2D eigenvalue weighted by Crippen LogP contribution is 2.19. The Morgan fingerprint density at radius 2 is 2.21 bits per heavy atom. The molecule has 0 aliphatic carbocycles. The summed E-state index contributed by atoms with van der Waals surface area (Å²) in [6, 6.07) is 7.57. The molecule has 1 unspecified atom stereocenters. The van der Waals surface area contributed by atoms with Crippen LogP contribution in [-0.2, 0) is 11.0 Å². The van der Waals surface area contributed by atoms with Crippen LogP contribution in [0.4, 0.5) is 0 Å². The third-order valence-corrected chi connectivity index (χ3v) is 3.15. The molecular weight excluding hydrogens is 196 g/mol. The van der Waals surface area contributed by atoms with Crippen LogP contribution in [0.1, 0.15) is 0 Å². The Bertz CT molecular complexity index is 479. The molecular formula is C10H10N2OS. The van der Waals surface area contributed by atoms with Crippen molar-refractivity contribution in [1.29, 1.82) is 0 Å². The molecule has 4 heteroatoms. The minimum atomic E-state index is -1.14. The smallest absolute Gasteiger partial charge is 0.125 e. The fraction of sp³-hybridized carbons (Fsp3) is 0.100. The van der Waals surface area contributed by atoms with Gasteiger partial charge in [-0.25, -0.2) is 8.93 Å². The quantitative estimate of drug-likeness (QED) is 0.808. The molecule has 72 valence electrons. The molecule has 0 aliphatic heterocycles. The molecule has 2 aromatic rings. The first kappa shape index (κ1) is 9.30. The number of hydrogen-bond acceptors (Lipinski definition) is 2. The minimum absolute atomic E-state index is 0.799. The number of fused-ring (bicyclic) bond motifs is 1. The van der Waals surface area contributed by atoms with Crippen molar-refractivity contribution < 1.29 is 4.21 Å². The van der Waals surface area contributed by atoms with Gasteiger partial charge < -0.3 is 0 Å². The SMILES string of the molecule is CNS(=O)c1cccc2cnccc12. The number of nitrogens with zero attached hydrogens (tertiary/aromatic N) is 1. The van der Waals surface area contributed by atoms with Crippen LogP contribution >= 0.6 is 0 Å². The first-order valence-electron chi connectivity index (χ1n) is 4.25. The summed E-state index contributed by atoms with van der Waals surface area (Å²) in [6.07, 6.45) is 3.48. The number of aromatic nitrogens is 1. The maximum absolute atomic E-state index is 11.6. The molecule has 1 aromatic carbocycles. The van der Waals surface area contributed by atoms with Crippen molar-refractivity contribution in [3.8, 4) is 0 Å². The number of benzene rings is 1. The van der Waals surface area contributed by atoms with E-state index in [0.29, 0.717) is 0 Å². The Labute approximate surface area is 84.8 Å². The molecule has 0 radical (unpaired) electrons. The van der Waals surface area contributed by atoms with Crippen LogP contribution in [0.15, 0.2) is 41.6 Å². The van der Waals surface area contributed by atoms with Crippen molar-refractivity contribution in [3.05, 3.63) is 36.7 Å². The zero-order chi connectivity index (χ0) is 9.97. The highest BCUT2D eigenvalue weighted by molar-refractivity contribution is 7.83. The van der Waals surface area contributed by atoms with E-state index in [4.69, 9.17) is 0 Å². The van der Waals surface area contributed by atoms with Gasteiger partial charge in [-0.15, -0.1) is 0 Å². The van der Waals surface area contributed by atoms with E-state index in [2.05, 4.69) is 9.71 Å². The van der Waals surface area contributed by atoms with Crippen molar-refractivity contribution in [2.75, 3.05) is 7.05 Å². The molecule has 3 nitrogen and oxygen atoms in total. The summed E-state index contributed by atoms with van der Waals surface area (Å²) in [5, 5.41) is 1.99. The van der Waals surface area contributed by atoms with E-state index in [9.17, 15) is 4.21 Å². The van der Waals surface area contributed by atoms with Crippen molar-refractivity contribution >= 4 is 21.8 Å². The molecule has 0 bridgehead atoms. The number of pyridine rings is 1. The van der Waals surface area contributed by atoms with Crippen LogP contribution in [0.25, 0.3) is 10.8 Å². The Morgan fingerprint density at radius 1 is 1.36 bits per heavy atom. The van der Waals surface area contributed by atoms with E-state index in [-0.39, 0.29) is 0 Å². The van der Waals surface area contributed by atoms with Gasteiger partial charge in [0.1, 0.15) is 11.0 Å². The largest absolute Gasteiger partial charge is 0.264 e. The van der Waals surface area contributed by atoms with Crippen molar-refractivity contribution in [2.24, 2.45) is 0 Å². The summed E-state index contributed by atoms with van der Waals surface area (Å²) in [6.45, 7) is 0. The summed E-state index contributed by atoms with van der Waals surface area (Å²) < 4.78 is 14.3. The normalized spacial score (nSPS) is 12.9. The fourth-order valence-electron chi connectivity index (χ4n) is 1.36. The second-order valence-corrected chi connectivity index (χ2v) is 4.21. The molecule has 0 aliphatic rings. The molecule has 14 heavy (non-hydrogen) atoms. The predicted molar refractivity (Wildman–Crippen MR) is 57.2 cm³/mol. The monoisotopic (exact) mass is 206 g/mol. The highest BCUT2D eigenvalue weighted by Gasteiger charge is 2.05. The predicted octanol–water partition coefficient (Wildman–Crippen LogP) is 1.48. The first-order valence-corrected chi connectivity index (χ1v) is 5.40. The third kappa shape index (κ3) is 1.54. The molecule has 0 saturated heterocycles. The molecule has 1 atom stereocenters. The average Bonchev–Trinajstić information content (AvgIpc) is 2.27. The maximum atomic E-state index is 11.6. The average molecular weight is 206 g/mol. The van der Waals surface area contributed by atoms with Crippen LogP contribution < -0.4 is 4.72 Å². The van der Waals surface area contributed by atoms with Gasteiger partial charge in [-0.1, -0.05) is 12.1 Å².